The van der Waals surface area contributed by atoms with Crippen LogP contribution in [0.15, 0.2) is 0 Å². The Morgan fingerprint density at radius 1 is 0.438 bits per heavy atom. The minimum absolute atomic E-state index is 0.375. The van der Waals surface area contributed by atoms with Gasteiger partial charge in [0.15, 0.2) is 0 Å². The second-order valence-electron chi connectivity index (χ2n) is 15.1. The predicted octanol–water partition coefficient (Wildman–Crippen LogP) is 10.8. The van der Waals surface area contributed by atoms with Gasteiger partial charge >= 0.3 is 0 Å². The maximum atomic E-state index is 12.5. The van der Waals surface area contributed by atoms with Crippen LogP contribution in [0.2, 0.25) is 0 Å². The molecular weight excluding hydrogens is 598 g/mol. The Balaban J connectivity index is 3.72. The van der Waals surface area contributed by atoms with Crippen molar-refractivity contribution in [2.45, 2.75) is 257 Å². The first kappa shape index (κ1) is 47.3. The fourth-order valence-corrected chi connectivity index (χ4v) is 6.88. The summed E-state index contributed by atoms with van der Waals surface area (Å²) < 4.78 is 0. The van der Waals surface area contributed by atoms with Crippen molar-refractivity contribution in [1.29, 1.82) is 0 Å². The molecule has 0 radical (unpaired) electrons. The number of nitrogens with one attached hydrogen (secondary N) is 1. The van der Waals surface area contributed by atoms with Crippen molar-refractivity contribution >= 4 is 5.91 Å². The van der Waals surface area contributed by atoms with Gasteiger partial charge in [-0.25, -0.2) is 0 Å². The minimum atomic E-state index is -1.25. The van der Waals surface area contributed by atoms with Crippen molar-refractivity contribution in [3.8, 4) is 0 Å². The third kappa shape index (κ3) is 31.3. The number of carbonyl (C=O) groups excluding carboxylic acids is 1. The SMILES string of the molecule is CCCCCCCCCCCCCCCCCCC[C@@H](O)C(=O)N[C@@H](CO)[C@@H](O)[C@H](O)CCCCCCCCCCCCCCCCC. The van der Waals surface area contributed by atoms with E-state index in [-0.39, 0.29) is 0 Å². The molecule has 48 heavy (non-hydrogen) atoms. The molecular formula is C42H85NO5. The zero-order chi connectivity index (χ0) is 35.3. The summed E-state index contributed by atoms with van der Waals surface area (Å²) in [5.41, 5.74) is 0. The van der Waals surface area contributed by atoms with Gasteiger partial charge in [0.2, 0.25) is 5.91 Å². The van der Waals surface area contributed by atoms with E-state index in [2.05, 4.69) is 19.2 Å². The zero-order valence-corrected chi connectivity index (χ0v) is 32.3. The molecule has 0 spiro atoms. The van der Waals surface area contributed by atoms with E-state index >= 15 is 0 Å². The summed E-state index contributed by atoms with van der Waals surface area (Å²) >= 11 is 0. The Bertz CT molecular complexity index is 648. The van der Waals surface area contributed by atoms with Gasteiger partial charge in [-0.15, -0.1) is 0 Å². The van der Waals surface area contributed by atoms with E-state index in [0.29, 0.717) is 12.8 Å². The fourth-order valence-electron chi connectivity index (χ4n) is 6.88. The highest BCUT2D eigenvalue weighted by Gasteiger charge is 2.28. The van der Waals surface area contributed by atoms with Gasteiger partial charge in [-0.2, -0.15) is 0 Å². The van der Waals surface area contributed by atoms with E-state index in [9.17, 15) is 25.2 Å². The topological polar surface area (TPSA) is 110 Å². The van der Waals surface area contributed by atoms with Crippen LogP contribution < -0.4 is 5.32 Å². The quantitative estimate of drug-likeness (QED) is 0.0414. The standard InChI is InChI=1S/C42H85NO5/c1-3-5-7-9-11-13-15-17-19-20-22-24-26-28-30-32-34-36-40(46)42(48)43-38(37-44)41(47)39(45)35-33-31-29-27-25-23-21-18-16-14-12-10-8-6-4-2/h38-41,44-47H,3-37H2,1-2H3,(H,43,48)/t38-,39+,40+,41+/m0/s1. The summed E-state index contributed by atoms with van der Waals surface area (Å²) in [7, 11) is 0. The van der Waals surface area contributed by atoms with Gasteiger partial charge in [0.1, 0.15) is 12.2 Å². The second kappa shape index (κ2) is 37.6. The van der Waals surface area contributed by atoms with Gasteiger partial charge in [0.25, 0.3) is 0 Å². The molecule has 6 heteroatoms. The molecule has 0 heterocycles. The smallest absolute Gasteiger partial charge is 0.249 e. The second-order valence-corrected chi connectivity index (χ2v) is 15.1. The van der Waals surface area contributed by atoms with Gasteiger partial charge in [-0.3, -0.25) is 4.79 Å². The molecule has 288 valence electrons. The molecule has 0 fully saturated rings. The predicted molar refractivity (Wildman–Crippen MR) is 205 cm³/mol. The number of rotatable bonds is 39. The summed E-state index contributed by atoms with van der Waals surface area (Å²) in [4.78, 5) is 12.5. The molecule has 4 atom stereocenters. The van der Waals surface area contributed by atoms with E-state index in [1.165, 1.54) is 167 Å². The van der Waals surface area contributed by atoms with Crippen molar-refractivity contribution in [2.75, 3.05) is 6.61 Å². The van der Waals surface area contributed by atoms with Crippen LogP contribution in [0, 0.1) is 0 Å². The van der Waals surface area contributed by atoms with Crippen molar-refractivity contribution in [3.63, 3.8) is 0 Å². The van der Waals surface area contributed by atoms with Gasteiger partial charge < -0.3 is 25.7 Å². The number of aliphatic hydroxyl groups excluding tert-OH is 4. The zero-order valence-electron chi connectivity index (χ0n) is 32.3. The average molecular weight is 684 g/mol. The van der Waals surface area contributed by atoms with Crippen molar-refractivity contribution < 1.29 is 25.2 Å². The molecule has 0 aliphatic heterocycles. The molecule has 0 aromatic carbocycles. The number of amides is 1. The Hall–Kier alpha value is -0.690. The van der Waals surface area contributed by atoms with Crippen molar-refractivity contribution in [2.24, 2.45) is 0 Å². The first-order chi connectivity index (χ1) is 23.5. The molecule has 0 aliphatic rings. The number of aliphatic hydroxyl groups is 4. The highest BCUT2D eigenvalue weighted by Crippen LogP contribution is 2.17. The van der Waals surface area contributed by atoms with Crippen LogP contribution in [0.5, 0.6) is 0 Å². The molecule has 1 amide bonds. The fraction of sp³-hybridized carbons (Fsp3) is 0.976. The van der Waals surface area contributed by atoms with Crippen molar-refractivity contribution in [1.82, 2.24) is 5.32 Å². The highest BCUT2D eigenvalue weighted by atomic mass is 16.3. The Morgan fingerprint density at radius 3 is 1.00 bits per heavy atom. The Labute approximate surface area is 299 Å². The first-order valence-corrected chi connectivity index (χ1v) is 21.4. The highest BCUT2D eigenvalue weighted by molar-refractivity contribution is 5.80. The summed E-state index contributed by atoms with van der Waals surface area (Å²) in [5.74, 6) is -0.580. The van der Waals surface area contributed by atoms with Gasteiger partial charge in [0, 0.05) is 0 Å². The maximum absolute atomic E-state index is 12.5. The van der Waals surface area contributed by atoms with Crippen LogP contribution in [-0.4, -0.2) is 57.3 Å². The normalized spacial score (nSPS) is 14.2. The summed E-state index contributed by atoms with van der Waals surface area (Å²) in [6.07, 6.45) is 38.4. The van der Waals surface area contributed by atoms with Crippen LogP contribution in [0.1, 0.15) is 232 Å². The number of hydrogen-bond donors (Lipinski definition) is 5. The minimum Gasteiger partial charge on any atom is -0.394 e. The Kier molecular flexibility index (Phi) is 37.0. The van der Waals surface area contributed by atoms with Crippen LogP contribution in [0.25, 0.3) is 0 Å². The van der Waals surface area contributed by atoms with Gasteiger partial charge in [0.05, 0.1) is 18.8 Å². The number of unbranched alkanes of at least 4 members (excludes halogenated alkanes) is 30. The van der Waals surface area contributed by atoms with Gasteiger partial charge in [-0.1, -0.05) is 219 Å². The molecule has 5 N–H and O–H groups in total. The summed E-state index contributed by atoms with van der Waals surface area (Å²) in [6, 6.07) is -0.978. The molecule has 0 saturated carbocycles. The largest absolute Gasteiger partial charge is 0.394 e. The van der Waals surface area contributed by atoms with Gasteiger partial charge in [-0.05, 0) is 12.8 Å². The monoisotopic (exact) mass is 684 g/mol. The summed E-state index contributed by atoms with van der Waals surface area (Å²) in [6.45, 7) is 4.06. The molecule has 0 aromatic heterocycles. The van der Waals surface area contributed by atoms with Crippen LogP contribution in [-0.2, 0) is 4.79 Å². The third-order valence-corrected chi connectivity index (χ3v) is 10.3. The first-order valence-electron chi connectivity index (χ1n) is 21.4. The van der Waals surface area contributed by atoms with Crippen LogP contribution >= 0.6 is 0 Å². The molecule has 0 unspecified atom stereocenters. The molecule has 0 bridgehead atoms. The van der Waals surface area contributed by atoms with Crippen LogP contribution in [0.4, 0.5) is 0 Å². The third-order valence-electron chi connectivity index (χ3n) is 10.3. The molecule has 0 aliphatic carbocycles. The number of carbonyl (C=O) groups is 1. The maximum Gasteiger partial charge on any atom is 0.249 e. The van der Waals surface area contributed by atoms with Crippen molar-refractivity contribution in [3.05, 3.63) is 0 Å². The van der Waals surface area contributed by atoms with E-state index in [1.807, 2.05) is 0 Å². The number of hydrogen-bond acceptors (Lipinski definition) is 5. The molecule has 6 nitrogen and oxygen atoms in total. The lowest BCUT2D eigenvalue weighted by molar-refractivity contribution is -0.132. The molecule has 0 aromatic rings. The lowest BCUT2D eigenvalue weighted by atomic mass is 9.99. The Morgan fingerprint density at radius 2 is 0.708 bits per heavy atom. The molecule has 0 rings (SSSR count). The van der Waals surface area contributed by atoms with Crippen LogP contribution in [0.3, 0.4) is 0 Å². The van der Waals surface area contributed by atoms with E-state index in [0.717, 1.165) is 38.5 Å². The average Bonchev–Trinajstić information content (AvgIpc) is 3.09. The van der Waals surface area contributed by atoms with E-state index < -0.39 is 36.9 Å². The lowest BCUT2D eigenvalue weighted by Gasteiger charge is -2.27. The van der Waals surface area contributed by atoms with E-state index in [1.54, 1.807) is 0 Å². The molecule has 0 saturated heterocycles. The lowest BCUT2D eigenvalue weighted by Crippen LogP contribution is -2.53. The summed E-state index contributed by atoms with van der Waals surface area (Å²) in [5, 5.41) is 43.6. The van der Waals surface area contributed by atoms with E-state index in [4.69, 9.17) is 0 Å².